The van der Waals surface area contributed by atoms with Crippen molar-refractivity contribution < 1.29 is 5.11 Å². The summed E-state index contributed by atoms with van der Waals surface area (Å²) in [6, 6.07) is 15.6. The molecule has 0 aliphatic heterocycles. The lowest BCUT2D eigenvalue weighted by Gasteiger charge is -2.08. The summed E-state index contributed by atoms with van der Waals surface area (Å²) in [5, 5.41) is 13.1. The average molecular weight is 294 g/mol. The van der Waals surface area contributed by atoms with E-state index in [0.717, 1.165) is 29.4 Å². The molecule has 0 amide bonds. The van der Waals surface area contributed by atoms with E-state index >= 15 is 0 Å². The highest BCUT2D eigenvalue weighted by molar-refractivity contribution is 5.88. The number of aliphatic hydroxyl groups is 1. The number of rotatable bonds is 5. The smallest absolute Gasteiger partial charge is 0.225 e. The van der Waals surface area contributed by atoms with Gasteiger partial charge in [0.1, 0.15) is 5.82 Å². The van der Waals surface area contributed by atoms with Crippen LogP contribution in [0, 0.1) is 0 Å². The van der Waals surface area contributed by atoms with Crippen molar-refractivity contribution in [1.29, 1.82) is 0 Å². The summed E-state index contributed by atoms with van der Waals surface area (Å²) < 4.78 is 0. The lowest BCUT2D eigenvalue weighted by atomic mass is 10.1. The zero-order valence-corrected chi connectivity index (χ0v) is 12.2. The Hall–Kier alpha value is -2.66. The number of hydrogen-bond acceptors (Lipinski definition) is 5. The molecule has 0 bridgehead atoms. The Bertz CT molecular complexity index is 771. The molecule has 2 aromatic carbocycles. The highest BCUT2D eigenvalue weighted by Gasteiger charge is 2.04. The van der Waals surface area contributed by atoms with E-state index in [1.54, 1.807) is 0 Å². The number of aliphatic hydroxyl groups excluding tert-OH is 1. The third-order valence-corrected chi connectivity index (χ3v) is 3.54. The second-order valence-electron chi connectivity index (χ2n) is 5.10. The molecule has 0 spiro atoms. The van der Waals surface area contributed by atoms with Crippen LogP contribution in [0.2, 0.25) is 0 Å². The van der Waals surface area contributed by atoms with Crippen LogP contribution in [-0.4, -0.2) is 21.6 Å². The first kappa shape index (κ1) is 14.3. The zero-order chi connectivity index (χ0) is 15.4. The Morgan fingerprint density at radius 3 is 2.45 bits per heavy atom. The lowest BCUT2D eigenvalue weighted by Crippen LogP contribution is -2.09. The van der Waals surface area contributed by atoms with Crippen molar-refractivity contribution in [2.75, 3.05) is 17.6 Å². The Balaban J connectivity index is 1.66. The number of hydrogen-bond donors (Lipinski definition) is 3. The van der Waals surface area contributed by atoms with Gasteiger partial charge in [-0.15, -0.1) is 0 Å². The second kappa shape index (κ2) is 6.41. The van der Waals surface area contributed by atoms with E-state index in [9.17, 15) is 0 Å². The SMILES string of the molecule is Nc1nc(NCCc2ccc(CO)cc2)nc2ccccc12. The van der Waals surface area contributed by atoms with E-state index < -0.39 is 0 Å². The lowest BCUT2D eigenvalue weighted by molar-refractivity contribution is 0.282. The first-order valence-electron chi connectivity index (χ1n) is 7.21. The standard InChI is InChI=1S/C17H18N4O/c18-16-14-3-1-2-4-15(14)20-17(21-16)19-10-9-12-5-7-13(11-22)8-6-12/h1-8,22H,9-11H2,(H3,18,19,20,21). The van der Waals surface area contributed by atoms with Crippen molar-refractivity contribution in [2.45, 2.75) is 13.0 Å². The van der Waals surface area contributed by atoms with Gasteiger partial charge in [0.25, 0.3) is 0 Å². The predicted molar refractivity (Wildman–Crippen MR) is 88.5 cm³/mol. The average Bonchev–Trinajstić information content (AvgIpc) is 2.56. The highest BCUT2D eigenvalue weighted by atomic mass is 16.3. The summed E-state index contributed by atoms with van der Waals surface area (Å²) in [6.45, 7) is 0.791. The molecular formula is C17H18N4O. The van der Waals surface area contributed by atoms with Crippen LogP contribution in [0.25, 0.3) is 10.9 Å². The summed E-state index contributed by atoms with van der Waals surface area (Å²) in [4.78, 5) is 8.74. The van der Waals surface area contributed by atoms with Crippen molar-refractivity contribution >= 4 is 22.7 Å². The molecule has 112 valence electrons. The molecule has 4 N–H and O–H groups in total. The van der Waals surface area contributed by atoms with Gasteiger partial charge in [-0.3, -0.25) is 0 Å². The van der Waals surface area contributed by atoms with Gasteiger partial charge in [0, 0.05) is 11.9 Å². The van der Waals surface area contributed by atoms with E-state index in [0.29, 0.717) is 11.8 Å². The monoisotopic (exact) mass is 294 g/mol. The number of nitrogens with zero attached hydrogens (tertiary/aromatic N) is 2. The fourth-order valence-corrected chi connectivity index (χ4v) is 2.31. The van der Waals surface area contributed by atoms with Gasteiger partial charge in [-0.2, -0.15) is 4.98 Å². The number of nitrogens with two attached hydrogens (primary N) is 1. The Labute approximate surface area is 128 Å². The number of benzene rings is 2. The summed E-state index contributed by atoms with van der Waals surface area (Å²) >= 11 is 0. The number of para-hydroxylation sites is 1. The molecule has 3 aromatic rings. The second-order valence-corrected chi connectivity index (χ2v) is 5.10. The predicted octanol–water partition coefficient (Wildman–Crippen LogP) is 2.36. The van der Waals surface area contributed by atoms with Crippen molar-refractivity contribution in [3.05, 3.63) is 59.7 Å². The Morgan fingerprint density at radius 1 is 0.955 bits per heavy atom. The van der Waals surface area contributed by atoms with Crippen LogP contribution >= 0.6 is 0 Å². The number of nitrogen functional groups attached to an aromatic ring is 1. The van der Waals surface area contributed by atoms with Crippen LogP contribution in [0.1, 0.15) is 11.1 Å². The normalized spacial score (nSPS) is 10.8. The van der Waals surface area contributed by atoms with E-state index in [4.69, 9.17) is 10.8 Å². The van der Waals surface area contributed by atoms with E-state index in [1.807, 2.05) is 48.5 Å². The quantitative estimate of drug-likeness (QED) is 0.672. The van der Waals surface area contributed by atoms with E-state index in [2.05, 4.69) is 15.3 Å². The van der Waals surface area contributed by atoms with Crippen molar-refractivity contribution in [3.8, 4) is 0 Å². The van der Waals surface area contributed by atoms with Crippen molar-refractivity contribution in [3.63, 3.8) is 0 Å². The molecule has 0 atom stereocenters. The van der Waals surface area contributed by atoms with Crippen LogP contribution in [0.3, 0.4) is 0 Å². The van der Waals surface area contributed by atoms with Gasteiger partial charge in [-0.05, 0) is 29.7 Å². The molecule has 0 aliphatic carbocycles. The van der Waals surface area contributed by atoms with Crippen LogP contribution < -0.4 is 11.1 Å². The summed E-state index contributed by atoms with van der Waals surface area (Å²) in [6.07, 6.45) is 0.849. The molecule has 0 saturated carbocycles. The maximum atomic E-state index is 9.03. The molecule has 0 radical (unpaired) electrons. The minimum Gasteiger partial charge on any atom is -0.392 e. The fourth-order valence-electron chi connectivity index (χ4n) is 2.31. The molecule has 5 heteroatoms. The molecule has 0 saturated heterocycles. The molecule has 0 aliphatic rings. The van der Waals surface area contributed by atoms with E-state index in [1.165, 1.54) is 5.56 Å². The van der Waals surface area contributed by atoms with E-state index in [-0.39, 0.29) is 6.61 Å². The molecular weight excluding hydrogens is 276 g/mol. The van der Waals surface area contributed by atoms with Gasteiger partial charge >= 0.3 is 0 Å². The highest BCUT2D eigenvalue weighted by Crippen LogP contribution is 2.18. The molecule has 1 aromatic heterocycles. The van der Waals surface area contributed by atoms with Crippen molar-refractivity contribution in [1.82, 2.24) is 9.97 Å². The van der Waals surface area contributed by atoms with Crippen LogP contribution in [0.4, 0.5) is 11.8 Å². The maximum Gasteiger partial charge on any atom is 0.225 e. The minimum atomic E-state index is 0.0722. The topological polar surface area (TPSA) is 84.1 Å². The van der Waals surface area contributed by atoms with Gasteiger partial charge < -0.3 is 16.2 Å². The summed E-state index contributed by atoms with van der Waals surface area (Å²) in [5.41, 5.74) is 8.91. The van der Waals surface area contributed by atoms with Crippen molar-refractivity contribution in [2.24, 2.45) is 0 Å². The van der Waals surface area contributed by atoms with Crippen LogP contribution in [-0.2, 0) is 13.0 Å². The Morgan fingerprint density at radius 2 is 1.68 bits per heavy atom. The fraction of sp³-hybridized carbons (Fsp3) is 0.176. The minimum absolute atomic E-state index is 0.0722. The largest absolute Gasteiger partial charge is 0.392 e. The number of aromatic nitrogens is 2. The summed E-state index contributed by atoms with van der Waals surface area (Å²) in [7, 11) is 0. The van der Waals surface area contributed by atoms with Gasteiger partial charge in [-0.1, -0.05) is 36.4 Å². The zero-order valence-electron chi connectivity index (χ0n) is 12.2. The first-order valence-corrected chi connectivity index (χ1v) is 7.21. The van der Waals surface area contributed by atoms with Crippen LogP contribution in [0.5, 0.6) is 0 Å². The third-order valence-electron chi connectivity index (χ3n) is 3.54. The van der Waals surface area contributed by atoms with Gasteiger partial charge in [-0.25, -0.2) is 4.98 Å². The maximum absolute atomic E-state index is 9.03. The first-order chi connectivity index (χ1) is 10.8. The third kappa shape index (κ3) is 3.15. The molecule has 22 heavy (non-hydrogen) atoms. The molecule has 0 fully saturated rings. The summed E-state index contributed by atoms with van der Waals surface area (Å²) in [5.74, 6) is 1.03. The number of anilines is 2. The molecule has 1 heterocycles. The Kier molecular flexibility index (Phi) is 4.16. The molecule has 0 unspecified atom stereocenters. The van der Waals surface area contributed by atoms with Gasteiger partial charge in [0.05, 0.1) is 12.1 Å². The molecule has 3 rings (SSSR count). The molecule has 5 nitrogen and oxygen atoms in total. The van der Waals surface area contributed by atoms with Crippen LogP contribution in [0.15, 0.2) is 48.5 Å². The number of nitrogens with one attached hydrogen (secondary N) is 1. The van der Waals surface area contributed by atoms with Gasteiger partial charge in [0.15, 0.2) is 0 Å². The number of fused-ring (bicyclic) bond motifs is 1. The van der Waals surface area contributed by atoms with Gasteiger partial charge in [0.2, 0.25) is 5.95 Å².